The molecule has 0 saturated heterocycles. The molecule has 1 saturated carbocycles. The predicted molar refractivity (Wildman–Crippen MR) is 70.6 cm³/mol. The fourth-order valence-electron chi connectivity index (χ4n) is 1.79. The molecule has 0 radical (unpaired) electrons. The highest BCUT2D eigenvalue weighted by Gasteiger charge is 2.35. The molecule has 1 nitrogen and oxygen atoms in total. The average molecular weight is 295 g/mol. The van der Waals surface area contributed by atoms with Crippen molar-refractivity contribution in [3.05, 3.63) is 28.8 Å². The number of alkyl halides is 3. The van der Waals surface area contributed by atoms with Crippen LogP contribution in [0.1, 0.15) is 39.2 Å². The van der Waals surface area contributed by atoms with Crippen LogP contribution in [0.15, 0.2) is 18.2 Å². The van der Waals surface area contributed by atoms with Crippen LogP contribution in [-0.2, 0) is 6.18 Å². The Kier molecular flexibility index (Phi) is 5.53. The Labute approximate surface area is 116 Å². The molecule has 2 atom stereocenters. The van der Waals surface area contributed by atoms with Gasteiger partial charge in [0, 0.05) is 0 Å². The van der Waals surface area contributed by atoms with Crippen LogP contribution in [0.25, 0.3) is 0 Å². The van der Waals surface area contributed by atoms with Crippen molar-refractivity contribution in [1.29, 1.82) is 0 Å². The largest absolute Gasteiger partial charge is 0.489 e. The molecule has 5 heteroatoms. The molecule has 1 aliphatic rings. The van der Waals surface area contributed by atoms with E-state index in [0.717, 1.165) is 18.9 Å². The van der Waals surface area contributed by atoms with Gasteiger partial charge in [0.15, 0.2) is 0 Å². The van der Waals surface area contributed by atoms with Crippen LogP contribution in [0.2, 0.25) is 5.02 Å². The minimum Gasteiger partial charge on any atom is -0.489 e. The quantitative estimate of drug-likeness (QED) is 0.693. The van der Waals surface area contributed by atoms with Gasteiger partial charge in [0.2, 0.25) is 0 Å². The molecule has 19 heavy (non-hydrogen) atoms. The van der Waals surface area contributed by atoms with Crippen molar-refractivity contribution in [2.45, 2.75) is 45.9 Å². The van der Waals surface area contributed by atoms with Gasteiger partial charge < -0.3 is 4.74 Å². The molecule has 1 fully saturated rings. The van der Waals surface area contributed by atoms with Gasteiger partial charge in [-0.05, 0) is 30.9 Å². The lowest BCUT2D eigenvalue weighted by Crippen LogP contribution is -2.34. The number of rotatable bonds is 2. The van der Waals surface area contributed by atoms with Crippen LogP contribution in [-0.4, -0.2) is 6.10 Å². The summed E-state index contributed by atoms with van der Waals surface area (Å²) in [5.41, 5.74) is -0.844. The molecule has 1 aromatic carbocycles. The zero-order valence-electron chi connectivity index (χ0n) is 11.2. The molecule has 0 heterocycles. The molecule has 1 aliphatic carbocycles. The Morgan fingerprint density at radius 1 is 1.21 bits per heavy atom. The Morgan fingerprint density at radius 2 is 1.84 bits per heavy atom. The summed E-state index contributed by atoms with van der Waals surface area (Å²) in [5.74, 6) is 0.499. The lowest BCUT2D eigenvalue weighted by atomic mass is 9.83. The topological polar surface area (TPSA) is 9.23 Å². The van der Waals surface area contributed by atoms with Crippen molar-refractivity contribution in [2.75, 3.05) is 0 Å². The lowest BCUT2D eigenvalue weighted by Gasteiger charge is -2.34. The van der Waals surface area contributed by atoms with Crippen molar-refractivity contribution in [3.8, 4) is 5.75 Å². The van der Waals surface area contributed by atoms with E-state index in [4.69, 9.17) is 16.3 Å². The maximum atomic E-state index is 12.6. The SMILES string of the molecule is CC.C[C@@H]1CC[C@H]1Oc1cccc(C(F)(F)F)c1Cl. The van der Waals surface area contributed by atoms with Crippen LogP contribution in [0, 0.1) is 5.92 Å². The van der Waals surface area contributed by atoms with Crippen molar-refractivity contribution in [2.24, 2.45) is 5.92 Å². The van der Waals surface area contributed by atoms with Gasteiger partial charge in [-0.15, -0.1) is 0 Å². The average Bonchev–Trinajstić information content (AvgIpc) is 2.36. The second-order valence-electron chi connectivity index (χ2n) is 4.33. The van der Waals surface area contributed by atoms with Gasteiger partial charge in [0.05, 0.1) is 10.6 Å². The summed E-state index contributed by atoms with van der Waals surface area (Å²) in [6.07, 6.45) is -2.55. The summed E-state index contributed by atoms with van der Waals surface area (Å²) in [5, 5.41) is -0.348. The van der Waals surface area contributed by atoms with E-state index in [1.807, 2.05) is 20.8 Å². The summed E-state index contributed by atoms with van der Waals surface area (Å²) in [7, 11) is 0. The van der Waals surface area contributed by atoms with E-state index in [1.54, 1.807) is 0 Å². The third kappa shape index (κ3) is 3.78. The van der Waals surface area contributed by atoms with Crippen LogP contribution in [0.4, 0.5) is 13.2 Å². The second-order valence-corrected chi connectivity index (χ2v) is 4.70. The van der Waals surface area contributed by atoms with Crippen molar-refractivity contribution in [3.63, 3.8) is 0 Å². The van der Waals surface area contributed by atoms with Crippen LogP contribution < -0.4 is 4.74 Å². The monoisotopic (exact) mass is 294 g/mol. The van der Waals surface area contributed by atoms with Gasteiger partial charge in [-0.3, -0.25) is 0 Å². The third-order valence-electron chi connectivity index (χ3n) is 3.09. The molecular formula is C14H18ClF3O. The molecule has 0 aromatic heterocycles. The first-order valence-electron chi connectivity index (χ1n) is 6.42. The molecule has 2 rings (SSSR count). The summed E-state index contributed by atoms with van der Waals surface area (Å²) >= 11 is 5.72. The highest BCUT2D eigenvalue weighted by molar-refractivity contribution is 6.32. The number of ether oxygens (including phenoxy) is 1. The molecule has 0 aliphatic heterocycles. The number of halogens is 4. The molecule has 0 bridgehead atoms. The fourth-order valence-corrected chi connectivity index (χ4v) is 2.07. The Balaban J connectivity index is 0.000000861. The molecule has 0 N–H and O–H groups in total. The molecule has 0 spiro atoms. The van der Waals surface area contributed by atoms with E-state index in [2.05, 4.69) is 0 Å². The minimum atomic E-state index is -4.44. The predicted octanol–water partition coefficient (Wildman–Crippen LogP) is 5.56. The number of benzene rings is 1. The summed E-state index contributed by atoms with van der Waals surface area (Å²) in [4.78, 5) is 0. The zero-order chi connectivity index (χ0) is 14.6. The molecule has 108 valence electrons. The van der Waals surface area contributed by atoms with Gasteiger partial charge in [0.1, 0.15) is 11.9 Å². The first-order chi connectivity index (χ1) is 8.89. The first kappa shape index (κ1) is 16.2. The standard InChI is InChI=1S/C12H12ClF3O.C2H6/c1-7-5-6-9(7)17-10-4-2-3-8(11(10)13)12(14,15)16;1-2/h2-4,7,9H,5-6H2,1H3;1-2H3/t7-,9-;/m1./s1. The summed E-state index contributed by atoms with van der Waals surface area (Å²) < 4.78 is 43.3. The third-order valence-corrected chi connectivity index (χ3v) is 3.48. The van der Waals surface area contributed by atoms with E-state index >= 15 is 0 Å². The Morgan fingerprint density at radius 3 is 2.26 bits per heavy atom. The summed E-state index contributed by atoms with van der Waals surface area (Å²) in [6.45, 7) is 6.01. The maximum absolute atomic E-state index is 12.6. The first-order valence-corrected chi connectivity index (χ1v) is 6.79. The van der Waals surface area contributed by atoms with Crippen molar-refractivity contribution in [1.82, 2.24) is 0 Å². The van der Waals surface area contributed by atoms with E-state index in [1.165, 1.54) is 12.1 Å². The number of hydrogen-bond acceptors (Lipinski definition) is 1. The number of hydrogen-bond donors (Lipinski definition) is 0. The van der Waals surface area contributed by atoms with Gasteiger partial charge >= 0.3 is 6.18 Å². The fraction of sp³-hybridized carbons (Fsp3) is 0.571. The molecular weight excluding hydrogens is 277 g/mol. The van der Waals surface area contributed by atoms with Gasteiger partial charge in [0.25, 0.3) is 0 Å². The van der Waals surface area contributed by atoms with Crippen molar-refractivity contribution < 1.29 is 17.9 Å². The van der Waals surface area contributed by atoms with E-state index < -0.39 is 11.7 Å². The van der Waals surface area contributed by atoms with E-state index in [9.17, 15) is 13.2 Å². The smallest absolute Gasteiger partial charge is 0.417 e. The van der Waals surface area contributed by atoms with E-state index in [-0.39, 0.29) is 16.9 Å². The van der Waals surface area contributed by atoms with Gasteiger partial charge in [-0.2, -0.15) is 13.2 Å². The Bertz CT molecular complexity index is 418. The minimum absolute atomic E-state index is 0.0176. The molecule has 1 aromatic rings. The zero-order valence-corrected chi connectivity index (χ0v) is 12.0. The van der Waals surface area contributed by atoms with Crippen LogP contribution in [0.3, 0.4) is 0 Å². The van der Waals surface area contributed by atoms with Crippen LogP contribution in [0.5, 0.6) is 5.75 Å². The highest BCUT2D eigenvalue weighted by Crippen LogP contribution is 2.41. The lowest BCUT2D eigenvalue weighted by molar-refractivity contribution is -0.137. The Hall–Kier alpha value is -0.900. The van der Waals surface area contributed by atoms with Gasteiger partial charge in [-0.1, -0.05) is 38.4 Å². The highest BCUT2D eigenvalue weighted by atomic mass is 35.5. The molecule has 0 amide bonds. The normalized spacial score (nSPS) is 22.1. The molecule has 0 unspecified atom stereocenters. The van der Waals surface area contributed by atoms with Gasteiger partial charge in [-0.25, -0.2) is 0 Å². The van der Waals surface area contributed by atoms with E-state index in [0.29, 0.717) is 5.92 Å². The summed E-state index contributed by atoms with van der Waals surface area (Å²) in [6, 6.07) is 3.75. The second kappa shape index (κ2) is 6.51. The van der Waals surface area contributed by atoms with Crippen molar-refractivity contribution >= 4 is 11.6 Å². The van der Waals surface area contributed by atoms with Crippen LogP contribution >= 0.6 is 11.6 Å². The maximum Gasteiger partial charge on any atom is 0.417 e.